The fraction of sp³-hybridized carbons (Fsp3) is 0.167. The Morgan fingerprint density at radius 2 is 1.75 bits per heavy atom. The summed E-state index contributed by atoms with van der Waals surface area (Å²) in [5.74, 6) is 2.50. The molecule has 24 heavy (non-hydrogen) atoms. The van der Waals surface area contributed by atoms with Crippen LogP contribution in [0.5, 0.6) is 17.2 Å². The minimum absolute atomic E-state index is 0.554. The quantitative estimate of drug-likeness (QED) is 0.744. The predicted molar refractivity (Wildman–Crippen MR) is 96.1 cm³/mol. The Morgan fingerprint density at radius 3 is 2.46 bits per heavy atom. The first-order valence-electron chi connectivity index (χ1n) is 7.28. The molecule has 0 saturated carbocycles. The summed E-state index contributed by atoms with van der Waals surface area (Å²) in [6, 6.07) is 9.27. The van der Waals surface area contributed by atoms with Gasteiger partial charge in [-0.1, -0.05) is 11.6 Å². The standard InChI is InChI=1S/C18H17ClN2O3/c1-22-15-8-4-11(17(23-2)18(15)24-3)5-9-16-20-13-7-6-12(19)10-14(13)21-16/h4-10H,1-3H3,(H,20,21)/b9-5+. The summed E-state index contributed by atoms with van der Waals surface area (Å²) in [6.07, 6.45) is 3.78. The summed E-state index contributed by atoms with van der Waals surface area (Å²) in [4.78, 5) is 7.72. The van der Waals surface area contributed by atoms with Gasteiger partial charge in [0.15, 0.2) is 11.5 Å². The fourth-order valence-corrected chi connectivity index (χ4v) is 2.68. The SMILES string of the molecule is COc1ccc(/C=C/c2nc3ccc(Cl)cc3[nH]2)c(OC)c1OC. The second-order valence-electron chi connectivity index (χ2n) is 5.04. The molecule has 1 aromatic heterocycles. The number of hydrogen-bond donors (Lipinski definition) is 1. The van der Waals surface area contributed by atoms with E-state index in [0.29, 0.717) is 22.3 Å². The Balaban J connectivity index is 1.98. The maximum Gasteiger partial charge on any atom is 0.203 e. The number of nitrogens with one attached hydrogen (secondary N) is 1. The predicted octanol–water partition coefficient (Wildman–Crippen LogP) is 4.41. The molecule has 0 saturated heterocycles. The molecule has 0 bridgehead atoms. The number of fused-ring (bicyclic) bond motifs is 1. The highest BCUT2D eigenvalue weighted by atomic mass is 35.5. The maximum absolute atomic E-state index is 5.99. The molecule has 0 fully saturated rings. The Bertz CT molecular complexity index is 903. The molecule has 0 aliphatic carbocycles. The van der Waals surface area contributed by atoms with E-state index < -0.39 is 0 Å². The van der Waals surface area contributed by atoms with E-state index in [1.165, 1.54) is 0 Å². The third-order valence-electron chi connectivity index (χ3n) is 3.62. The van der Waals surface area contributed by atoms with Gasteiger partial charge in [-0.3, -0.25) is 0 Å². The van der Waals surface area contributed by atoms with Gasteiger partial charge in [-0.15, -0.1) is 0 Å². The Labute approximate surface area is 144 Å². The first kappa shape index (κ1) is 16.2. The zero-order valence-corrected chi connectivity index (χ0v) is 14.3. The zero-order valence-electron chi connectivity index (χ0n) is 13.6. The summed E-state index contributed by atoms with van der Waals surface area (Å²) in [7, 11) is 4.76. The number of methoxy groups -OCH3 is 3. The zero-order chi connectivity index (χ0) is 17.1. The van der Waals surface area contributed by atoms with Crippen molar-refractivity contribution in [3.63, 3.8) is 0 Å². The first-order valence-corrected chi connectivity index (χ1v) is 7.66. The lowest BCUT2D eigenvalue weighted by molar-refractivity contribution is 0.324. The summed E-state index contributed by atoms with van der Waals surface area (Å²) in [5, 5.41) is 0.670. The Morgan fingerprint density at radius 1 is 0.958 bits per heavy atom. The Kier molecular flexibility index (Phi) is 4.62. The number of nitrogens with zero attached hydrogens (tertiary/aromatic N) is 1. The van der Waals surface area contributed by atoms with Gasteiger partial charge in [-0.2, -0.15) is 0 Å². The van der Waals surface area contributed by atoms with Crippen molar-refractivity contribution in [1.29, 1.82) is 0 Å². The van der Waals surface area contributed by atoms with E-state index in [9.17, 15) is 0 Å². The number of rotatable bonds is 5. The highest BCUT2D eigenvalue weighted by Gasteiger charge is 2.14. The van der Waals surface area contributed by atoms with Gasteiger partial charge in [-0.25, -0.2) is 4.98 Å². The lowest BCUT2D eigenvalue weighted by Gasteiger charge is -2.13. The van der Waals surface area contributed by atoms with Gasteiger partial charge in [0.05, 0.1) is 32.4 Å². The molecule has 3 aromatic rings. The molecule has 1 N–H and O–H groups in total. The molecule has 0 aliphatic heterocycles. The molecule has 0 radical (unpaired) electrons. The van der Waals surface area contributed by atoms with Crippen molar-refractivity contribution in [3.05, 3.63) is 46.7 Å². The monoisotopic (exact) mass is 344 g/mol. The van der Waals surface area contributed by atoms with Crippen LogP contribution in [0.3, 0.4) is 0 Å². The molecular weight excluding hydrogens is 328 g/mol. The largest absolute Gasteiger partial charge is 0.493 e. The van der Waals surface area contributed by atoms with Crippen molar-refractivity contribution in [3.8, 4) is 17.2 Å². The number of imidazole rings is 1. The number of H-pyrrole nitrogens is 1. The van der Waals surface area contributed by atoms with Crippen LogP contribution in [0.25, 0.3) is 23.2 Å². The van der Waals surface area contributed by atoms with Crippen LogP contribution in [0.4, 0.5) is 0 Å². The van der Waals surface area contributed by atoms with Crippen LogP contribution in [0.15, 0.2) is 30.3 Å². The number of aromatic amines is 1. The second-order valence-corrected chi connectivity index (χ2v) is 5.48. The van der Waals surface area contributed by atoms with Crippen LogP contribution >= 0.6 is 11.6 Å². The molecular formula is C18H17ClN2O3. The summed E-state index contributed by atoms with van der Waals surface area (Å²) < 4.78 is 16.1. The molecule has 5 nitrogen and oxygen atoms in total. The number of halogens is 1. The smallest absolute Gasteiger partial charge is 0.203 e. The van der Waals surface area contributed by atoms with Crippen LogP contribution in [0, 0.1) is 0 Å². The van der Waals surface area contributed by atoms with Crippen molar-refractivity contribution in [1.82, 2.24) is 9.97 Å². The van der Waals surface area contributed by atoms with Crippen molar-refractivity contribution < 1.29 is 14.2 Å². The molecule has 124 valence electrons. The molecule has 0 aliphatic rings. The molecule has 0 spiro atoms. The molecule has 2 aromatic carbocycles. The summed E-state index contributed by atoms with van der Waals surface area (Å²) in [5.41, 5.74) is 2.60. The van der Waals surface area contributed by atoms with Crippen molar-refractivity contribution in [2.75, 3.05) is 21.3 Å². The van der Waals surface area contributed by atoms with E-state index in [-0.39, 0.29) is 0 Å². The van der Waals surface area contributed by atoms with Gasteiger partial charge in [0, 0.05) is 10.6 Å². The van der Waals surface area contributed by atoms with Gasteiger partial charge >= 0.3 is 0 Å². The topological polar surface area (TPSA) is 56.4 Å². The highest BCUT2D eigenvalue weighted by Crippen LogP contribution is 2.40. The molecule has 0 unspecified atom stereocenters. The number of aromatic nitrogens is 2. The minimum Gasteiger partial charge on any atom is -0.493 e. The summed E-state index contributed by atoms with van der Waals surface area (Å²) in [6.45, 7) is 0. The minimum atomic E-state index is 0.554. The maximum atomic E-state index is 5.99. The lowest BCUT2D eigenvalue weighted by atomic mass is 10.1. The van der Waals surface area contributed by atoms with Gasteiger partial charge in [0.2, 0.25) is 5.75 Å². The van der Waals surface area contributed by atoms with Crippen LogP contribution in [-0.2, 0) is 0 Å². The van der Waals surface area contributed by atoms with Gasteiger partial charge in [-0.05, 0) is 42.5 Å². The Hall–Kier alpha value is -2.66. The number of benzene rings is 2. The van der Waals surface area contributed by atoms with Gasteiger partial charge < -0.3 is 19.2 Å². The van der Waals surface area contributed by atoms with Gasteiger partial charge in [0.1, 0.15) is 5.82 Å². The van der Waals surface area contributed by atoms with Crippen molar-refractivity contribution in [2.45, 2.75) is 0 Å². The normalized spacial score (nSPS) is 11.2. The van der Waals surface area contributed by atoms with Crippen LogP contribution in [0.1, 0.15) is 11.4 Å². The average Bonchev–Trinajstić information content (AvgIpc) is 3.00. The lowest BCUT2D eigenvalue weighted by Crippen LogP contribution is -1.96. The second kappa shape index (κ2) is 6.84. The van der Waals surface area contributed by atoms with E-state index >= 15 is 0 Å². The van der Waals surface area contributed by atoms with E-state index in [1.54, 1.807) is 21.3 Å². The fourth-order valence-electron chi connectivity index (χ4n) is 2.50. The summed E-state index contributed by atoms with van der Waals surface area (Å²) >= 11 is 5.99. The molecule has 0 atom stereocenters. The van der Waals surface area contributed by atoms with E-state index in [0.717, 1.165) is 22.4 Å². The molecule has 0 amide bonds. The van der Waals surface area contributed by atoms with E-state index in [4.69, 9.17) is 25.8 Å². The third-order valence-corrected chi connectivity index (χ3v) is 3.85. The van der Waals surface area contributed by atoms with Crippen molar-refractivity contribution in [2.24, 2.45) is 0 Å². The first-order chi connectivity index (χ1) is 11.7. The van der Waals surface area contributed by atoms with E-state index in [2.05, 4.69) is 9.97 Å². The van der Waals surface area contributed by atoms with Crippen LogP contribution < -0.4 is 14.2 Å². The van der Waals surface area contributed by atoms with E-state index in [1.807, 2.05) is 42.5 Å². The van der Waals surface area contributed by atoms with Crippen molar-refractivity contribution >= 4 is 34.8 Å². The number of ether oxygens (including phenoxy) is 3. The molecule has 1 heterocycles. The average molecular weight is 345 g/mol. The number of hydrogen-bond acceptors (Lipinski definition) is 4. The highest BCUT2D eigenvalue weighted by molar-refractivity contribution is 6.31. The van der Waals surface area contributed by atoms with Gasteiger partial charge in [0.25, 0.3) is 0 Å². The van der Waals surface area contributed by atoms with Crippen LogP contribution in [0.2, 0.25) is 5.02 Å². The molecule has 6 heteroatoms. The third kappa shape index (κ3) is 3.03. The molecule has 3 rings (SSSR count). The van der Waals surface area contributed by atoms with Crippen LogP contribution in [-0.4, -0.2) is 31.3 Å².